The molecule has 3 atom stereocenters. The van der Waals surface area contributed by atoms with E-state index in [0.717, 1.165) is 35.6 Å². The molecule has 1 nitrogen and oxygen atoms in total. The fraction of sp³-hybridized carbons (Fsp3) is 1.00. The zero-order chi connectivity index (χ0) is 17.4. The summed E-state index contributed by atoms with van der Waals surface area (Å²) in [6.07, 6.45) is 4.10. The summed E-state index contributed by atoms with van der Waals surface area (Å²) in [5, 5.41) is 0. The highest BCUT2D eigenvalue weighted by Crippen LogP contribution is 2.34. The van der Waals surface area contributed by atoms with E-state index in [1.165, 1.54) is 25.8 Å². The van der Waals surface area contributed by atoms with E-state index >= 15 is 0 Å². The first kappa shape index (κ1) is 22.0. The minimum Gasteiger partial charge on any atom is -0.298 e. The first-order valence-corrected chi connectivity index (χ1v) is 9.91. The van der Waals surface area contributed by atoms with Crippen molar-refractivity contribution in [2.75, 3.05) is 6.54 Å². The van der Waals surface area contributed by atoms with Gasteiger partial charge in [0.05, 0.1) is 0 Å². The van der Waals surface area contributed by atoms with Gasteiger partial charge in [-0.1, -0.05) is 61.8 Å². The van der Waals surface area contributed by atoms with E-state index in [2.05, 4.69) is 74.1 Å². The van der Waals surface area contributed by atoms with Gasteiger partial charge in [-0.3, -0.25) is 4.90 Å². The molecule has 22 heavy (non-hydrogen) atoms. The third-order valence-corrected chi connectivity index (χ3v) is 5.42. The fourth-order valence-electron chi connectivity index (χ4n) is 4.40. The van der Waals surface area contributed by atoms with E-state index in [4.69, 9.17) is 0 Å². The van der Waals surface area contributed by atoms with Gasteiger partial charge in [0.1, 0.15) is 0 Å². The third-order valence-electron chi connectivity index (χ3n) is 5.42. The topological polar surface area (TPSA) is 3.24 Å². The summed E-state index contributed by atoms with van der Waals surface area (Å²) in [5.41, 5.74) is 0. The zero-order valence-corrected chi connectivity index (χ0v) is 17.3. The number of nitrogens with zero attached hydrogens (tertiary/aromatic N) is 1. The minimum absolute atomic E-state index is 0.645. The molecular formula is C21H45N. The van der Waals surface area contributed by atoms with Crippen molar-refractivity contribution in [3.8, 4) is 0 Å². The molecule has 0 aliphatic rings. The Kier molecular flexibility index (Phi) is 10.7. The van der Waals surface area contributed by atoms with Gasteiger partial charge < -0.3 is 0 Å². The highest BCUT2D eigenvalue weighted by molar-refractivity contribution is 4.86. The number of hydrogen-bond donors (Lipinski definition) is 0. The third kappa shape index (κ3) is 7.02. The van der Waals surface area contributed by atoms with Crippen LogP contribution in [0.15, 0.2) is 0 Å². The van der Waals surface area contributed by atoms with Crippen LogP contribution in [0.2, 0.25) is 0 Å². The zero-order valence-electron chi connectivity index (χ0n) is 17.3. The first-order chi connectivity index (χ1) is 10.1. The Labute approximate surface area is 142 Å². The Hall–Kier alpha value is -0.0400. The van der Waals surface area contributed by atoms with Crippen LogP contribution in [-0.2, 0) is 0 Å². The van der Waals surface area contributed by atoms with Gasteiger partial charge in [0, 0.05) is 12.1 Å². The molecule has 0 aromatic rings. The summed E-state index contributed by atoms with van der Waals surface area (Å²) < 4.78 is 0. The van der Waals surface area contributed by atoms with Crippen LogP contribution in [-0.4, -0.2) is 23.5 Å². The van der Waals surface area contributed by atoms with Crippen molar-refractivity contribution in [2.45, 2.75) is 101 Å². The molecule has 0 aliphatic carbocycles. The number of rotatable bonds is 11. The lowest BCUT2D eigenvalue weighted by atomic mass is 9.75. The monoisotopic (exact) mass is 311 g/mol. The Morgan fingerprint density at radius 2 is 1.23 bits per heavy atom. The summed E-state index contributed by atoms with van der Waals surface area (Å²) in [7, 11) is 0. The Balaban J connectivity index is 5.38. The van der Waals surface area contributed by atoms with Gasteiger partial charge in [-0.25, -0.2) is 0 Å². The van der Waals surface area contributed by atoms with E-state index < -0.39 is 0 Å². The van der Waals surface area contributed by atoms with Crippen molar-refractivity contribution in [1.82, 2.24) is 4.90 Å². The van der Waals surface area contributed by atoms with E-state index in [-0.39, 0.29) is 0 Å². The van der Waals surface area contributed by atoms with Crippen LogP contribution in [0.1, 0.15) is 88.5 Å². The van der Waals surface area contributed by atoms with Gasteiger partial charge in [0.25, 0.3) is 0 Å². The minimum atomic E-state index is 0.645. The maximum absolute atomic E-state index is 2.75. The highest BCUT2D eigenvalue weighted by atomic mass is 15.2. The van der Waals surface area contributed by atoms with Gasteiger partial charge in [0.2, 0.25) is 0 Å². The smallest absolute Gasteiger partial charge is 0.0149 e. The molecule has 1 heteroatoms. The predicted molar refractivity (Wildman–Crippen MR) is 102 cm³/mol. The lowest BCUT2D eigenvalue weighted by molar-refractivity contribution is 0.0524. The van der Waals surface area contributed by atoms with E-state index in [9.17, 15) is 0 Å². The van der Waals surface area contributed by atoms with E-state index in [0.29, 0.717) is 6.04 Å². The van der Waals surface area contributed by atoms with Crippen molar-refractivity contribution in [2.24, 2.45) is 29.6 Å². The molecular weight excluding hydrogens is 266 g/mol. The fourth-order valence-corrected chi connectivity index (χ4v) is 4.40. The Bertz CT molecular complexity index is 267. The summed E-state index contributed by atoms with van der Waals surface area (Å²) in [6.45, 7) is 25.1. The largest absolute Gasteiger partial charge is 0.298 e. The van der Waals surface area contributed by atoms with Crippen molar-refractivity contribution in [3.05, 3.63) is 0 Å². The molecule has 0 amide bonds. The van der Waals surface area contributed by atoms with Crippen LogP contribution < -0.4 is 0 Å². The van der Waals surface area contributed by atoms with E-state index in [1.807, 2.05) is 0 Å². The molecule has 0 saturated carbocycles. The van der Waals surface area contributed by atoms with Crippen LogP contribution in [0.3, 0.4) is 0 Å². The Morgan fingerprint density at radius 3 is 1.50 bits per heavy atom. The quantitative estimate of drug-likeness (QED) is 0.422. The summed E-state index contributed by atoms with van der Waals surface area (Å²) in [4.78, 5) is 2.75. The van der Waals surface area contributed by atoms with Crippen LogP contribution in [0, 0.1) is 29.6 Å². The predicted octanol–water partition coefficient (Wildman–Crippen LogP) is 6.48. The standard InChI is InChI=1S/C21H45N/c1-11-19(16(5)6)14-20(13-15(3)4)21(17(7)8)22(12-2)18(9)10/h15-21H,11-14H2,1-10H3. The molecule has 0 aromatic heterocycles. The maximum Gasteiger partial charge on any atom is 0.0149 e. The normalized spacial score (nSPS) is 17.0. The van der Waals surface area contributed by atoms with Gasteiger partial charge in [0.15, 0.2) is 0 Å². The average Bonchev–Trinajstić information content (AvgIpc) is 2.38. The van der Waals surface area contributed by atoms with Crippen LogP contribution in [0.5, 0.6) is 0 Å². The molecule has 0 heterocycles. The molecule has 3 unspecified atom stereocenters. The summed E-state index contributed by atoms with van der Waals surface area (Å²) in [6, 6.07) is 1.37. The Morgan fingerprint density at radius 1 is 0.682 bits per heavy atom. The maximum atomic E-state index is 2.75. The molecule has 0 fully saturated rings. The molecule has 0 rings (SSSR count). The molecule has 0 aliphatic heterocycles. The first-order valence-electron chi connectivity index (χ1n) is 9.91. The SMILES string of the molecule is CCC(CC(CC(C)C)C(C(C)C)N(CC)C(C)C)C(C)C. The summed E-state index contributed by atoms with van der Waals surface area (Å²) >= 11 is 0. The van der Waals surface area contributed by atoms with Gasteiger partial charge in [-0.05, 0) is 62.8 Å². The van der Waals surface area contributed by atoms with Crippen LogP contribution >= 0.6 is 0 Å². The molecule has 0 aromatic carbocycles. The molecule has 0 radical (unpaired) electrons. The van der Waals surface area contributed by atoms with Crippen molar-refractivity contribution >= 4 is 0 Å². The molecule has 0 spiro atoms. The van der Waals surface area contributed by atoms with Gasteiger partial charge in [-0.2, -0.15) is 0 Å². The average molecular weight is 312 g/mol. The lowest BCUT2D eigenvalue weighted by Gasteiger charge is -2.43. The second-order valence-corrected chi connectivity index (χ2v) is 8.70. The molecule has 0 saturated heterocycles. The summed E-state index contributed by atoms with van der Waals surface area (Å²) in [5.74, 6) is 4.03. The lowest BCUT2D eigenvalue weighted by Crippen LogP contribution is -2.48. The second-order valence-electron chi connectivity index (χ2n) is 8.70. The number of hydrogen-bond acceptors (Lipinski definition) is 1. The molecule has 0 bridgehead atoms. The molecule has 0 N–H and O–H groups in total. The van der Waals surface area contributed by atoms with Gasteiger partial charge in [-0.15, -0.1) is 0 Å². The van der Waals surface area contributed by atoms with Crippen LogP contribution in [0.4, 0.5) is 0 Å². The van der Waals surface area contributed by atoms with Crippen LogP contribution in [0.25, 0.3) is 0 Å². The van der Waals surface area contributed by atoms with Gasteiger partial charge >= 0.3 is 0 Å². The van der Waals surface area contributed by atoms with Crippen molar-refractivity contribution < 1.29 is 0 Å². The van der Waals surface area contributed by atoms with Crippen molar-refractivity contribution in [1.29, 1.82) is 0 Å². The van der Waals surface area contributed by atoms with E-state index in [1.54, 1.807) is 0 Å². The molecule has 134 valence electrons. The second kappa shape index (κ2) is 10.7. The highest BCUT2D eigenvalue weighted by Gasteiger charge is 2.33. The van der Waals surface area contributed by atoms with Crippen molar-refractivity contribution in [3.63, 3.8) is 0 Å².